The average Bonchev–Trinajstić information content (AvgIpc) is 2.91. The molecule has 0 aromatic carbocycles. The lowest BCUT2D eigenvalue weighted by Gasteiger charge is -2.17. The van der Waals surface area contributed by atoms with E-state index in [1.165, 1.54) is 10.4 Å². The van der Waals surface area contributed by atoms with E-state index in [9.17, 15) is 10.1 Å². The van der Waals surface area contributed by atoms with Crippen LogP contribution in [0, 0.1) is 17.2 Å². The Kier molecular flexibility index (Phi) is 4.96. The van der Waals surface area contributed by atoms with E-state index in [0.29, 0.717) is 16.5 Å². The number of hydrogen-bond acceptors (Lipinski definition) is 3. The predicted molar refractivity (Wildman–Crippen MR) is 94.9 cm³/mol. The summed E-state index contributed by atoms with van der Waals surface area (Å²) in [4.78, 5) is 13.6. The number of nitrogens with one attached hydrogen (secondary N) is 1. The Morgan fingerprint density at radius 3 is 2.88 bits per heavy atom. The van der Waals surface area contributed by atoms with E-state index in [4.69, 9.17) is 0 Å². The molecule has 0 bridgehead atoms. The number of aryl methyl sites for hydroxylation is 1. The van der Waals surface area contributed by atoms with Gasteiger partial charge in [0.05, 0.1) is 5.56 Å². The van der Waals surface area contributed by atoms with E-state index in [2.05, 4.69) is 25.2 Å². The Morgan fingerprint density at radius 2 is 2.21 bits per heavy atom. The number of pyridine rings is 1. The lowest BCUT2D eigenvalue weighted by molar-refractivity contribution is -0.684. The zero-order valence-corrected chi connectivity index (χ0v) is 14.9. The van der Waals surface area contributed by atoms with Gasteiger partial charge in [0.25, 0.3) is 5.91 Å². The lowest BCUT2D eigenvalue weighted by Crippen LogP contribution is -2.39. The molecule has 0 saturated heterocycles. The van der Waals surface area contributed by atoms with Crippen molar-refractivity contribution in [3.63, 3.8) is 0 Å². The summed E-state index contributed by atoms with van der Waals surface area (Å²) in [5.74, 6) is 0.561. The molecule has 2 aromatic heterocycles. The summed E-state index contributed by atoms with van der Waals surface area (Å²) >= 11 is 1.57. The first-order valence-electron chi connectivity index (χ1n) is 8.43. The lowest BCUT2D eigenvalue weighted by atomic mass is 9.89. The highest BCUT2D eigenvalue weighted by Gasteiger charge is 2.25. The summed E-state index contributed by atoms with van der Waals surface area (Å²) in [6.45, 7) is 4.60. The number of fused-ring (bicyclic) bond motifs is 1. The van der Waals surface area contributed by atoms with Crippen molar-refractivity contribution in [1.82, 2.24) is 0 Å². The van der Waals surface area contributed by atoms with Gasteiger partial charge in [0.15, 0.2) is 12.4 Å². The van der Waals surface area contributed by atoms with Gasteiger partial charge in [-0.25, -0.2) is 0 Å². The van der Waals surface area contributed by atoms with Gasteiger partial charge in [0, 0.05) is 17.0 Å². The molecule has 124 valence electrons. The standard InChI is InChI=1S/C19H21N3OS/c1-3-14-6-8-22(9-7-14)12-18(23)21-19-16(11-20)15-5-4-13(2)10-17(15)24-19/h6-9,13H,3-5,10,12H2,1-2H3/p+1/t13-/m0/s1. The molecule has 1 aliphatic carbocycles. The SMILES string of the molecule is CCc1cc[n+](CC(=O)Nc2sc3c(c2C#N)CC[C@H](C)C3)cc1. The first-order valence-corrected chi connectivity index (χ1v) is 9.24. The molecule has 5 heteroatoms. The number of anilines is 1. The Morgan fingerprint density at radius 1 is 1.46 bits per heavy atom. The maximum Gasteiger partial charge on any atom is 0.290 e. The van der Waals surface area contributed by atoms with Crippen LogP contribution in [0.3, 0.4) is 0 Å². The highest BCUT2D eigenvalue weighted by molar-refractivity contribution is 7.16. The minimum atomic E-state index is -0.0904. The van der Waals surface area contributed by atoms with Gasteiger partial charge in [-0.2, -0.15) is 9.83 Å². The van der Waals surface area contributed by atoms with Gasteiger partial charge >= 0.3 is 0 Å². The quantitative estimate of drug-likeness (QED) is 0.869. The van der Waals surface area contributed by atoms with Gasteiger partial charge in [0.1, 0.15) is 11.1 Å². The van der Waals surface area contributed by atoms with Crippen LogP contribution in [0.2, 0.25) is 0 Å². The normalized spacial score (nSPS) is 16.3. The largest absolute Gasteiger partial charge is 0.311 e. The van der Waals surface area contributed by atoms with Crippen LogP contribution in [0.5, 0.6) is 0 Å². The molecule has 4 nitrogen and oxygen atoms in total. The molecule has 1 amide bonds. The molecule has 0 spiro atoms. The van der Waals surface area contributed by atoms with E-state index in [1.807, 2.05) is 29.1 Å². The highest BCUT2D eigenvalue weighted by atomic mass is 32.1. The number of carbonyl (C=O) groups is 1. The fourth-order valence-electron chi connectivity index (χ4n) is 3.12. The van der Waals surface area contributed by atoms with Crippen LogP contribution >= 0.6 is 11.3 Å². The Hall–Kier alpha value is -2.19. The second-order valence-corrected chi connectivity index (χ2v) is 7.55. The fourth-order valence-corrected chi connectivity index (χ4v) is 4.50. The van der Waals surface area contributed by atoms with Crippen LogP contribution in [0.25, 0.3) is 0 Å². The smallest absolute Gasteiger partial charge is 0.290 e. The summed E-state index contributed by atoms with van der Waals surface area (Å²) in [5.41, 5.74) is 3.07. The number of carbonyl (C=O) groups excluding carboxylic acids is 1. The topological polar surface area (TPSA) is 56.8 Å². The second-order valence-electron chi connectivity index (χ2n) is 6.45. The van der Waals surface area contributed by atoms with Gasteiger partial charge in [-0.15, -0.1) is 11.3 Å². The number of rotatable bonds is 4. The third-order valence-electron chi connectivity index (χ3n) is 4.57. The second kappa shape index (κ2) is 7.14. The molecule has 24 heavy (non-hydrogen) atoms. The first-order chi connectivity index (χ1) is 11.6. The number of nitriles is 1. The molecule has 0 saturated carbocycles. The van der Waals surface area contributed by atoms with Gasteiger partial charge in [-0.3, -0.25) is 4.79 Å². The van der Waals surface area contributed by atoms with Crippen LogP contribution < -0.4 is 9.88 Å². The monoisotopic (exact) mass is 340 g/mol. The molecular formula is C19H22N3OS+. The van der Waals surface area contributed by atoms with Crippen molar-refractivity contribution < 1.29 is 9.36 Å². The summed E-state index contributed by atoms with van der Waals surface area (Å²) in [6, 6.07) is 6.35. The summed E-state index contributed by atoms with van der Waals surface area (Å²) < 4.78 is 1.86. The van der Waals surface area contributed by atoms with E-state index in [1.54, 1.807) is 11.3 Å². The van der Waals surface area contributed by atoms with E-state index in [-0.39, 0.29) is 12.5 Å². The van der Waals surface area contributed by atoms with Crippen LogP contribution in [0.4, 0.5) is 5.00 Å². The molecule has 1 atom stereocenters. The number of thiophene rings is 1. The van der Waals surface area contributed by atoms with Crippen molar-refractivity contribution in [2.24, 2.45) is 5.92 Å². The van der Waals surface area contributed by atoms with Gasteiger partial charge < -0.3 is 5.32 Å². The minimum Gasteiger partial charge on any atom is -0.311 e. The highest BCUT2D eigenvalue weighted by Crippen LogP contribution is 2.39. The van der Waals surface area contributed by atoms with Gasteiger partial charge in [0.2, 0.25) is 6.54 Å². The molecule has 2 aromatic rings. The van der Waals surface area contributed by atoms with Crippen LogP contribution in [0.1, 0.15) is 41.8 Å². The Bertz CT molecular complexity index is 786. The maximum absolute atomic E-state index is 12.3. The molecular weight excluding hydrogens is 318 g/mol. The molecule has 0 unspecified atom stereocenters. The van der Waals surface area contributed by atoms with E-state index >= 15 is 0 Å². The predicted octanol–water partition coefficient (Wildman–Crippen LogP) is 3.23. The minimum absolute atomic E-state index is 0.0904. The Balaban J connectivity index is 1.73. The van der Waals surface area contributed by atoms with Crippen molar-refractivity contribution in [3.05, 3.63) is 46.1 Å². The van der Waals surface area contributed by atoms with Crippen molar-refractivity contribution in [2.75, 3.05) is 5.32 Å². The molecule has 0 fully saturated rings. The maximum atomic E-state index is 12.3. The molecule has 1 N–H and O–H groups in total. The number of nitrogens with zero attached hydrogens (tertiary/aromatic N) is 2. The molecule has 0 radical (unpaired) electrons. The summed E-state index contributed by atoms with van der Waals surface area (Å²) in [7, 11) is 0. The fraction of sp³-hybridized carbons (Fsp3) is 0.421. The van der Waals surface area contributed by atoms with Crippen molar-refractivity contribution in [3.8, 4) is 6.07 Å². The third-order valence-corrected chi connectivity index (χ3v) is 5.74. The number of hydrogen-bond donors (Lipinski definition) is 1. The van der Waals surface area contributed by atoms with Gasteiger partial charge in [-0.1, -0.05) is 13.8 Å². The van der Waals surface area contributed by atoms with Crippen molar-refractivity contribution in [2.45, 2.75) is 46.1 Å². The third kappa shape index (κ3) is 3.49. The Labute approximate surface area is 146 Å². The van der Waals surface area contributed by atoms with Crippen LogP contribution in [-0.4, -0.2) is 5.91 Å². The zero-order valence-electron chi connectivity index (χ0n) is 14.1. The number of amides is 1. The first kappa shape index (κ1) is 16.7. The van der Waals surface area contributed by atoms with E-state index < -0.39 is 0 Å². The van der Waals surface area contributed by atoms with Crippen molar-refractivity contribution >= 4 is 22.2 Å². The van der Waals surface area contributed by atoms with E-state index in [0.717, 1.165) is 31.2 Å². The van der Waals surface area contributed by atoms with Crippen LogP contribution in [-0.2, 0) is 30.6 Å². The molecule has 3 rings (SSSR count). The average molecular weight is 340 g/mol. The van der Waals surface area contributed by atoms with Gasteiger partial charge in [-0.05, 0) is 42.7 Å². The van der Waals surface area contributed by atoms with Crippen molar-refractivity contribution in [1.29, 1.82) is 5.26 Å². The molecule has 2 heterocycles. The molecule has 1 aliphatic rings. The van der Waals surface area contributed by atoms with Crippen LogP contribution in [0.15, 0.2) is 24.5 Å². The number of aromatic nitrogens is 1. The summed E-state index contributed by atoms with van der Waals surface area (Å²) in [6.07, 6.45) is 7.90. The summed E-state index contributed by atoms with van der Waals surface area (Å²) in [5, 5.41) is 13.2. The molecule has 0 aliphatic heterocycles. The zero-order chi connectivity index (χ0) is 17.1.